The number of hydrogen-bond donors (Lipinski definition) is 1. The van der Waals surface area contributed by atoms with E-state index in [2.05, 4.69) is 21.3 Å². The van der Waals surface area contributed by atoms with Gasteiger partial charge in [0, 0.05) is 38.2 Å². The number of nitrogens with one attached hydrogen (secondary N) is 1. The first-order valence-electron chi connectivity index (χ1n) is 8.54. The van der Waals surface area contributed by atoms with Gasteiger partial charge in [-0.25, -0.2) is 4.98 Å². The molecule has 0 unspecified atom stereocenters. The van der Waals surface area contributed by atoms with Crippen LogP contribution in [0.3, 0.4) is 0 Å². The van der Waals surface area contributed by atoms with E-state index in [1.807, 2.05) is 32.2 Å². The highest BCUT2D eigenvalue weighted by Crippen LogP contribution is 2.34. The van der Waals surface area contributed by atoms with Crippen LogP contribution in [-0.2, 0) is 6.54 Å². The van der Waals surface area contributed by atoms with E-state index >= 15 is 0 Å². The van der Waals surface area contributed by atoms with Crippen LogP contribution in [0.15, 0.2) is 24.6 Å². The zero-order valence-electron chi connectivity index (χ0n) is 15.1. The van der Waals surface area contributed by atoms with Crippen molar-refractivity contribution in [2.24, 2.45) is 0 Å². The number of fused-ring (bicyclic) bond motifs is 1. The van der Waals surface area contributed by atoms with Crippen LogP contribution in [0.5, 0.6) is 0 Å². The molecule has 3 rings (SSSR count). The molecular weight excluding hydrogens is 262 g/mol. The highest BCUT2D eigenvalue weighted by atomic mass is 15.3. The fraction of sp³-hybridized carbons (Fsp3) is 0.562. The molecule has 21 heavy (non-hydrogen) atoms. The second-order valence-electron chi connectivity index (χ2n) is 6.06. The van der Waals surface area contributed by atoms with Gasteiger partial charge in [0.2, 0.25) is 0 Å². The maximum absolute atomic E-state index is 8.41. The standard InChI is InChI=1S/C16H25N5/c1-19(2)12-13-10-15-16(18-11-13)21(9-8-20(15)3)14-4-6-17-7-5-14/h8-11,14,17H,4-7,12H2,1-3H3/i8D,9D. The first-order chi connectivity index (χ1) is 11.0. The van der Waals surface area contributed by atoms with E-state index in [0.29, 0.717) is 0 Å². The monoisotopic (exact) mass is 289 g/mol. The molecule has 0 atom stereocenters. The Kier molecular flexibility index (Phi) is 3.45. The Hall–Kier alpha value is -1.59. The van der Waals surface area contributed by atoms with Gasteiger partial charge in [-0.3, -0.25) is 0 Å². The van der Waals surface area contributed by atoms with Gasteiger partial charge in [-0.2, -0.15) is 0 Å². The summed E-state index contributed by atoms with van der Waals surface area (Å²) in [6.45, 7) is 2.71. The summed E-state index contributed by atoms with van der Waals surface area (Å²) in [4.78, 5) is 10.5. The van der Waals surface area contributed by atoms with Gasteiger partial charge in [0.1, 0.15) is 0 Å². The molecule has 0 saturated carbocycles. The van der Waals surface area contributed by atoms with Gasteiger partial charge in [-0.15, -0.1) is 0 Å². The zero-order chi connectivity index (χ0) is 16.6. The minimum atomic E-state index is 0.236. The molecule has 0 aliphatic carbocycles. The summed E-state index contributed by atoms with van der Waals surface area (Å²) in [5.41, 5.74) is 2.04. The summed E-state index contributed by atoms with van der Waals surface area (Å²) in [7, 11) is 5.90. The maximum Gasteiger partial charge on any atom is 0.156 e. The van der Waals surface area contributed by atoms with E-state index in [4.69, 9.17) is 2.74 Å². The summed E-state index contributed by atoms with van der Waals surface area (Å²) in [6.07, 6.45) is 4.32. The van der Waals surface area contributed by atoms with Crippen LogP contribution >= 0.6 is 0 Å². The number of hydrogen-bond acceptors (Lipinski definition) is 5. The molecule has 0 amide bonds. The average Bonchev–Trinajstić information content (AvgIpc) is 2.54. The predicted octanol–water partition coefficient (Wildman–Crippen LogP) is 1.62. The SMILES string of the molecule is [2H]C1=C([2H])N(C2CCNCC2)c2ncc(CN(C)C)cc2N1C. The quantitative estimate of drug-likeness (QED) is 0.915. The molecule has 1 aromatic rings. The molecule has 2 aliphatic heterocycles. The molecule has 2 aliphatic rings. The summed E-state index contributed by atoms with van der Waals surface area (Å²) < 4.78 is 16.7. The Morgan fingerprint density at radius 1 is 1.38 bits per heavy atom. The van der Waals surface area contributed by atoms with Crippen molar-refractivity contribution < 1.29 is 2.74 Å². The minimum Gasteiger partial charge on any atom is -0.347 e. The molecule has 0 bridgehead atoms. The number of pyridine rings is 1. The van der Waals surface area contributed by atoms with Crippen molar-refractivity contribution in [1.82, 2.24) is 15.2 Å². The average molecular weight is 289 g/mol. The summed E-state index contributed by atoms with van der Waals surface area (Å²) >= 11 is 0. The lowest BCUT2D eigenvalue weighted by Gasteiger charge is -2.38. The van der Waals surface area contributed by atoms with Crippen molar-refractivity contribution in [3.63, 3.8) is 0 Å². The number of nitrogens with zero attached hydrogens (tertiary/aromatic N) is 4. The number of rotatable bonds is 3. The van der Waals surface area contributed by atoms with Gasteiger partial charge in [0.05, 0.1) is 8.43 Å². The first kappa shape index (κ1) is 12.0. The number of anilines is 2. The van der Waals surface area contributed by atoms with Crippen molar-refractivity contribution in [1.29, 1.82) is 0 Å². The third kappa shape index (κ3) is 3.04. The molecule has 5 heteroatoms. The van der Waals surface area contributed by atoms with Crippen molar-refractivity contribution >= 4 is 11.5 Å². The van der Waals surface area contributed by atoms with Crippen molar-refractivity contribution in [3.8, 4) is 0 Å². The number of piperidine rings is 1. The summed E-state index contributed by atoms with van der Waals surface area (Å²) in [5, 5.41) is 3.36. The summed E-state index contributed by atoms with van der Waals surface area (Å²) in [6, 6.07) is 2.33. The lowest BCUT2D eigenvalue weighted by Crippen LogP contribution is -2.42. The Morgan fingerprint density at radius 3 is 2.86 bits per heavy atom. The van der Waals surface area contributed by atoms with Crippen LogP contribution in [0.1, 0.15) is 21.1 Å². The van der Waals surface area contributed by atoms with Crippen molar-refractivity contribution in [2.45, 2.75) is 25.4 Å². The van der Waals surface area contributed by atoms with Crippen LogP contribution in [-0.4, -0.2) is 50.2 Å². The Balaban J connectivity index is 2.01. The molecule has 1 N–H and O–H groups in total. The first-order valence-corrected chi connectivity index (χ1v) is 7.54. The molecular formula is C16H25N5. The van der Waals surface area contributed by atoms with E-state index < -0.39 is 0 Å². The lowest BCUT2D eigenvalue weighted by atomic mass is 10.0. The number of aromatic nitrogens is 1. The fourth-order valence-electron chi connectivity index (χ4n) is 2.94. The molecule has 5 nitrogen and oxygen atoms in total. The highest BCUT2D eigenvalue weighted by molar-refractivity contribution is 5.73. The largest absolute Gasteiger partial charge is 0.347 e. The molecule has 0 aromatic carbocycles. The second kappa shape index (κ2) is 6.03. The molecule has 0 radical (unpaired) electrons. The topological polar surface area (TPSA) is 34.6 Å². The second-order valence-corrected chi connectivity index (χ2v) is 6.06. The van der Waals surface area contributed by atoms with Crippen LogP contribution in [0, 0.1) is 0 Å². The zero-order valence-corrected chi connectivity index (χ0v) is 13.1. The van der Waals surface area contributed by atoms with Crippen molar-refractivity contribution in [3.05, 3.63) is 30.2 Å². The highest BCUT2D eigenvalue weighted by Gasteiger charge is 2.26. The van der Waals surface area contributed by atoms with E-state index in [-0.39, 0.29) is 18.4 Å². The predicted molar refractivity (Wildman–Crippen MR) is 87.5 cm³/mol. The summed E-state index contributed by atoms with van der Waals surface area (Å²) in [5.74, 6) is 0.808. The smallest absolute Gasteiger partial charge is 0.156 e. The molecule has 114 valence electrons. The Labute approximate surface area is 130 Å². The van der Waals surface area contributed by atoms with E-state index in [0.717, 1.165) is 49.5 Å². The van der Waals surface area contributed by atoms with Crippen LogP contribution in [0.25, 0.3) is 0 Å². The normalized spacial score (nSPS) is 21.5. The molecule has 1 fully saturated rings. The van der Waals surface area contributed by atoms with Crippen molar-refractivity contribution in [2.75, 3.05) is 44.0 Å². The van der Waals surface area contributed by atoms with E-state index in [1.165, 1.54) is 0 Å². The van der Waals surface area contributed by atoms with Gasteiger partial charge < -0.3 is 20.0 Å². The Bertz CT molecular complexity index is 610. The third-order valence-corrected chi connectivity index (χ3v) is 4.00. The van der Waals surface area contributed by atoms with Crippen LogP contribution in [0.2, 0.25) is 0 Å². The third-order valence-electron chi connectivity index (χ3n) is 4.00. The van der Waals surface area contributed by atoms with Crippen LogP contribution < -0.4 is 15.1 Å². The van der Waals surface area contributed by atoms with E-state index in [1.54, 1.807) is 4.90 Å². The lowest BCUT2D eigenvalue weighted by molar-refractivity contribution is 0.402. The van der Waals surface area contributed by atoms with Gasteiger partial charge >= 0.3 is 0 Å². The fourth-order valence-corrected chi connectivity index (χ4v) is 2.94. The molecule has 0 spiro atoms. The van der Waals surface area contributed by atoms with E-state index in [9.17, 15) is 0 Å². The molecule has 1 aromatic heterocycles. The van der Waals surface area contributed by atoms with Gasteiger partial charge in [-0.1, -0.05) is 0 Å². The molecule has 1 saturated heterocycles. The van der Waals surface area contributed by atoms with Gasteiger partial charge in [0.25, 0.3) is 0 Å². The minimum absolute atomic E-state index is 0.236. The Morgan fingerprint density at radius 2 is 2.14 bits per heavy atom. The van der Waals surface area contributed by atoms with Gasteiger partial charge in [0.15, 0.2) is 5.82 Å². The van der Waals surface area contributed by atoms with Crippen LogP contribution in [0.4, 0.5) is 11.5 Å². The maximum atomic E-state index is 8.41. The van der Waals surface area contributed by atoms with Gasteiger partial charge in [-0.05, 0) is 51.7 Å². The molecule has 3 heterocycles.